The summed E-state index contributed by atoms with van der Waals surface area (Å²) in [6.07, 6.45) is 2.15. The number of nitrogens with two attached hydrogens (primary N) is 1. The highest BCUT2D eigenvalue weighted by Gasteiger charge is 2.20. The maximum absolute atomic E-state index is 6.17. The monoisotopic (exact) mass is 210 g/mol. The Labute approximate surface area is 91.9 Å². The first-order valence-electron chi connectivity index (χ1n) is 5.77. The van der Waals surface area contributed by atoms with Gasteiger partial charge in [0.05, 0.1) is 6.04 Å². The molecule has 1 heterocycles. The molecular formula is C11H22N4. The van der Waals surface area contributed by atoms with Crippen molar-refractivity contribution < 1.29 is 0 Å². The molecule has 1 rings (SSSR count). The molecule has 0 aromatic carbocycles. The molecule has 0 saturated heterocycles. The Kier molecular flexibility index (Phi) is 4.27. The van der Waals surface area contributed by atoms with Crippen molar-refractivity contribution in [2.45, 2.75) is 53.1 Å². The van der Waals surface area contributed by atoms with E-state index in [-0.39, 0.29) is 6.04 Å². The minimum absolute atomic E-state index is 0.00255. The number of hydrogen-bond acceptors (Lipinski definition) is 3. The van der Waals surface area contributed by atoms with Crippen molar-refractivity contribution in [2.24, 2.45) is 11.7 Å². The van der Waals surface area contributed by atoms with Gasteiger partial charge in [-0.05, 0) is 19.3 Å². The quantitative estimate of drug-likeness (QED) is 0.809. The maximum atomic E-state index is 6.17. The highest BCUT2D eigenvalue weighted by Crippen LogP contribution is 2.20. The van der Waals surface area contributed by atoms with Crippen LogP contribution in [0.3, 0.4) is 0 Å². The fourth-order valence-corrected chi connectivity index (χ4v) is 1.65. The summed E-state index contributed by atoms with van der Waals surface area (Å²) < 4.78 is 2.14. The molecule has 0 aliphatic rings. The van der Waals surface area contributed by atoms with E-state index in [9.17, 15) is 0 Å². The van der Waals surface area contributed by atoms with Crippen LogP contribution >= 0.6 is 0 Å². The van der Waals surface area contributed by atoms with Crippen LogP contribution in [0.5, 0.6) is 0 Å². The molecule has 0 spiro atoms. The smallest absolute Gasteiger partial charge is 0.150 e. The van der Waals surface area contributed by atoms with Crippen molar-refractivity contribution in [3.8, 4) is 0 Å². The zero-order valence-corrected chi connectivity index (χ0v) is 10.2. The van der Waals surface area contributed by atoms with Gasteiger partial charge in [-0.15, -0.1) is 10.2 Å². The van der Waals surface area contributed by atoms with E-state index in [1.807, 2.05) is 6.92 Å². The van der Waals surface area contributed by atoms with Gasteiger partial charge in [-0.2, -0.15) is 0 Å². The second-order valence-corrected chi connectivity index (χ2v) is 4.17. The molecular weight excluding hydrogens is 188 g/mol. The number of hydrogen-bond donors (Lipinski definition) is 1. The lowest BCUT2D eigenvalue weighted by Crippen LogP contribution is -2.23. The van der Waals surface area contributed by atoms with Crippen molar-refractivity contribution >= 4 is 0 Å². The van der Waals surface area contributed by atoms with E-state index < -0.39 is 0 Å². The zero-order chi connectivity index (χ0) is 11.4. The molecule has 0 saturated carbocycles. The lowest BCUT2D eigenvalue weighted by Gasteiger charge is -2.18. The Bertz CT molecular complexity index is 306. The van der Waals surface area contributed by atoms with E-state index in [1.54, 1.807) is 0 Å². The fourth-order valence-electron chi connectivity index (χ4n) is 1.65. The molecule has 86 valence electrons. The molecule has 4 heteroatoms. The van der Waals surface area contributed by atoms with Gasteiger partial charge in [-0.25, -0.2) is 0 Å². The van der Waals surface area contributed by atoms with Crippen molar-refractivity contribution in [1.82, 2.24) is 14.8 Å². The molecule has 2 unspecified atom stereocenters. The maximum Gasteiger partial charge on any atom is 0.150 e. The van der Waals surface area contributed by atoms with Gasteiger partial charge >= 0.3 is 0 Å². The molecule has 15 heavy (non-hydrogen) atoms. The van der Waals surface area contributed by atoms with Gasteiger partial charge in [0.1, 0.15) is 11.6 Å². The van der Waals surface area contributed by atoms with Gasteiger partial charge in [-0.1, -0.05) is 27.2 Å². The molecule has 0 radical (unpaired) electrons. The summed E-state index contributed by atoms with van der Waals surface area (Å²) in [5, 5.41) is 8.30. The van der Waals surface area contributed by atoms with Gasteiger partial charge in [0, 0.05) is 6.54 Å². The molecule has 0 amide bonds. The average Bonchev–Trinajstić information content (AvgIpc) is 2.59. The summed E-state index contributed by atoms with van der Waals surface area (Å²) in [7, 11) is 0. The van der Waals surface area contributed by atoms with Crippen LogP contribution < -0.4 is 5.73 Å². The molecule has 1 aromatic rings. The summed E-state index contributed by atoms with van der Waals surface area (Å²) in [6, 6.07) is 0.00255. The first-order valence-corrected chi connectivity index (χ1v) is 5.77. The second-order valence-electron chi connectivity index (χ2n) is 4.17. The Morgan fingerprint density at radius 2 is 2.00 bits per heavy atom. The van der Waals surface area contributed by atoms with E-state index in [0.717, 1.165) is 31.0 Å². The summed E-state index contributed by atoms with van der Waals surface area (Å²) in [4.78, 5) is 0. The van der Waals surface area contributed by atoms with Crippen LogP contribution in [0.4, 0.5) is 0 Å². The van der Waals surface area contributed by atoms with Crippen LogP contribution in [-0.2, 0) is 6.54 Å². The first-order chi connectivity index (χ1) is 7.11. The fraction of sp³-hybridized carbons (Fsp3) is 0.818. The highest BCUT2D eigenvalue weighted by molar-refractivity contribution is 5.00. The van der Waals surface area contributed by atoms with Crippen LogP contribution in [0.1, 0.15) is 51.3 Å². The third kappa shape index (κ3) is 2.56. The summed E-state index contributed by atoms with van der Waals surface area (Å²) in [5.74, 6) is 2.35. The average molecular weight is 210 g/mol. The predicted molar refractivity (Wildman–Crippen MR) is 61.4 cm³/mol. The van der Waals surface area contributed by atoms with Crippen LogP contribution in [0.15, 0.2) is 0 Å². The van der Waals surface area contributed by atoms with Crippen molar-refractivity contribution in [3.05, 3.63) is 11.6 Å². The minimum atomic E-state index is 0.00255. The topological polar surface area (TPSA) is 56.7 Å². The third-order valence-electron chi connectivity index (χ3n) is 2.97. The van der Waals surface area contributed by atoms with Crippen molar-refractivity contribution in [1.29, 1.82) is 0 Å². The summed E-state index contributed by atoms with van der Waals surface area (Å²) in [5.41, 5.74) is 6.17. The minimum Gasteiger partial charge on any atom is -0.321 e. The van der Waals surface area contributed by atoms with E-state index >= 15 is 0 Å². The SMILES string of the molecule is CCCn1c(C)nnc1C(N)C(C)CC. The van der Waals surface area contributed by atoms with Crippen LogP contribution in [0.2, 0.25) is 0 Å². The van der Waals surface area contributed by atoms with Gasteiger partial charge in [-0.3, -0.25) is 0 Å². The molecule has 1 aromatic heterocycles. The molecule has 0 bridgehead atoms. The summed E-state index contributed by atoms with van der Waals surface area (Å²) >= 11 is 0. The number of nitrogens with zero attached hydrogens (tertiary/aromatic N) is 3. The lowest BCUT2D eigenvalue weighted by molar-refractivity contribution is 0.419. The van der Waals surface area contributed by atoms with E-state index in [4.69, 9.17) is 5.73 Å². The van der Waals surface area contributed by atoms with E-state index in [1.165, 1.54) is 0 Å². The number of aryl methyl sites for hydroxylation is 1. The van der Waals surface area contributed by atoms with Crippen LogP contribution in [0, 0.1) is 12.8 Å². The molecule has 0 fully saturated rings. The van der Waals surface area contributed by atoms with Crippen LogP contribution in [0.25, 0.3) is 0 Å². The van der Waals surface area contributed by atoms with Crippen LogP contribution in [-0.4, -0.2) is 14.8 Å². The molecule has 2 N–H and O–H groups in total. The predicted octanol–water partition coefficient (Wildman–Crippen LogP) is 2.04. The summed E-state index contributed by atoms with van der Waals surface area (Å²) in [6.45, 7) is 9.40. The highest BCUT2D eigenvalue weighted by atomic mass is 15.3. The molecule has 2 atom stereocenters. The Morgan fingerprint density at radius 1 is 1.33 bits per heavy atom. The molecule has 0 aliphatic heterocycles. The van der Waals surface area contributed by atoms with Gasteiger partial charge < -0.3 is 10.3 Å². The third-order valence-corrected chi connectivity index (χ3v) is 2.97. The Hall–Kier alpha value is -0.900. The van der Waals surface area contributed by atoms with Gasteiger partial charge in [0.2, 0.25) is 0 Å². The largest absolute Gasteiger partial charge is 0.321 e. The Morgan fingerprint density at radius 3 is 2.53 bits per heavy atom. The van der Waals surface area contributed by atoms with Gasteiger partial charge in [0.25, 0.3) is 0 Å². The van der Waals surface area contributed by atoms with Gasteiger partial charge in [0.15, 0.2) is 0 Å². The standard InChI is InChI=1S/C11H22N4/c1-5-7-15-9(4)13-14-11(15)10(12)8(3)6-2/h8,10H,5-7,12H2,1-4H3. The number of rotatable bonds is 5. The zero-order valence-electron chi connectivity index (χ0n) is 10.2. The second kappa shape index (κ2) is 5.26. The van der Waals surface area contributed by atoms with E-state index in [2.05, 4.69) is 35.5 Å². The number of aromatic nitrogens is 3. The normalized spacial score (nSPS) is 15.3. The molecule has 0 aliphatic carbocycles. The van der Waals surface area contributed by atoms with Crippen molar-refractivity contribution in [3.63, 3.8) is 0 Å². The molecule has 4 nitrogen and oxygen atoms in total. The first kappa shape index (κ1) is 12.2. The van der Waals surface area contributed by atoms with E-state index in [0.29, 0.717) is 5.92 Å². The lowest BCUT2D eigenvalue weighted by atomic mass is 9.99. The van der Waals surface area contributed by atoms with Crippen molar-refractivity contribution in [2.75, 3.05) is 0 Å². The Balaban J connectivity index is 2.92.